The SMILES string of the molecule is NC(=O)[C@H](NC(=O)c1ccc(-n2cccc2)cc1)c1ccccc1. The van der Waals surface area contributed by atoms with Crippen LogP contribution in [0.4, 0.5) is 0 Å². The highest BCUT2D eigenvalue weighted by Gasteiger charge is 2.20. The normalized spacial score (nSPS) is 11.7. The van der Waals surface area contributed by atoms with Crippen LogP contribution in [0.2, 0.25) is 0 Å². The number of primary amides is 1. The minimum atomic E-state index is -0.858. The van der Waals surface area contributed by atoms with Gasteiger partial charge >= 0.3 is 0 Å². The highest BCUT2D eigenvalue weighted by molar-refractivity contribution is 5.97. The molecule has 0 unspecified atom stereocenters. The molecule has 0 aliphatic carbocycles. The second-order valence-electron chi connectivity index (χ2n) is 5.36. The Balaban J connectivity index is 1.77. The Hall–Kier alpha value is -3.34. The fourth-order valence-electron chi connectivity index (χ4n) is 2.47. The van der Waals surface area contributed by atoms with Crippen LogP contribution in [-0.4, -0.2) is 16.4 Å². The van der Waals surface area contributed by atoms with Gasteiger partial charge in [-0.05, 0) is 42.0 Å². The van der Waals surface area contributed by atoms with Crippen molar-refractivity contribution >= 4 is 11.8 Å². The molecule has 2 amide bonds. The fraction of sp³-hybridized carbons (Fsp3) is 0.0526. The summed E-state index contributed by atoms with van der Waals surface area (Å²) in [5, 5.41) is 2.68. The monoisotopic (exact) mass is 319 g/mol. The van der Waals surface area contributed by atoms with Gasteiger partial charge in [0.25, 0.3) is 5.91 Å². The van der Waals surface area contributed by atoms with Crippen molar-refractivity contribution in [1.29, 1.82) is 0 Å². The van der Waals surface area contributed by atoms with Crippen LogP contribution in [0.1, 0.15) is 22.0 Å². The van der Waals surface area contributed by atoms with Crippen LogP contribution in [-0.2, 0) is 4.79 Å². The third-order valence-corrected chi connectivity index (χ3v) is 3.72. The van der Waals surface area contributed by atoms with Crippen LogP contribution in [0, 0.1) is 0 Å². The summed E-state index contributed by atoms with van der Waals surface area (Å²) in [6.45, 7) is 0. The summed E-state index contributed by atoms with van der Waals surface area (Å²) < 4.78 is 1.94. The molecule has 0 saturated heterocycles. The van der Waals surface area contributed by atoms with E-state index in [1.165, 1.54) is 0 Å². The van der Waals surface area contributed by atoms with Gasteiger partial charge in [0.15, 0.2) is 0 Å². The number of rotatable bonds is 5. The topological polar surface area (TPSA) is 77.1 Å². The van der Waals surface area contributed by atoms with Crippen LogP contribution < -0.4 is 11.1 Å². The van der Waals surface area contributed by atoms with Crippen molar-refractivity contribution in [2.24, 2.45) is 5.73 Å². The number of aromatic nitrogens is 1. The van der Waals surface area contributed by atoms with E-state index in [1.807, 2.05) is 47.3 Å². The summed E-state index contributed by atoms with van der Waals surface area (Å²) in [7, 11) is 0. The van der Waals surface area contributed by atoms with Crippen molar-refractivity contribution in [2.45, 2.75) is 6.04 Å². The molecule has 0 aliphatic heterocycles. The molecule has 3 aromatic rings. The lowest BCUT2D eigenvalue weighted by atomic mass is 10.1. The van der Waals surface area contributed by atoms with Crippen molar-refractivity contribution in [3.8, 4) is 5.69 Å². The van der Waals surface area contributed by atoms with E-state index in [1.54, 1.807) is 36.4 Å². The molecule has 5 nitrogen and oxygen atoms in total. The van der Waals surface area contributed by atoms with Crippen molar-refractivity contribution in [3.63, 3.8) is 0 Å². The number of hydrogen-bond donors (Lipinski definition) is 2. The molecule has 3 N–H and O–H groups in total. The fourth-order valence-corrected chi connectivity index (χ4v) is 2.47. The molecule has 120 valence electrons. The zero-order valence-electron chi connectivity index (χ0n) is 12.9. The van der Waals surface area contributed by atoms with E-state index in [2.05, 4.69) is 5.32 Å². The Kier molecular flexibility index (Phi) is 4.43. The summed E-state index contributed by atoms with van der Waals surface area (Å²) in [5.41, 5.74) is 7.50. The Morgan fingerprint density at radius 3 is 2.08 bits per heavy atom. The average Bonchev–Trinajstić information content (AvgIpc) is 3.15. The molecule has 5 heteroatoms. The molecule has 0 saturated carbocycles. The third kappa shape index (κ3) is 3.35. The van der Waals surface area contributed by atoms with Gasteiger partial charge in [-0.15, -0.1) is 0 Å². The minimum Gasteiger partial charge on any atom is -0.368 e. The second-order valence-corrected chi connectivity index (χ2v) is 5.36. The van der Waals surface area contributed by atoms with Gasteiger partial charge in [0, 0.05) is 23.6 Å². The van der Waals surface area contributed by atoms with Gasteiger partial charge < -0.3 is 15.6 Å². The number of amides is 2. The number of hydrogen-bond acceptors (Lipinski definition) is 2. The number of carbonyl (C=O) groups is 2. The first kappa shape index (κ1) is 15.6. The molecular formula is C19H17N3O2. The van der Waals surface area contributed by atoms with E-state index in [-0.39, 0.29) is 5.91 Å². The Labute approximate surface area is 139 Å². The number of carbonyl (C=O) groups excluding carboxylic acids is 2. The Morgan fingerprint density at radius 2 is 1.50 bits per heavy atom. The van der Waals surface area contributed by atoms with Gasteiger partial charge in [-0.2, -0.15) is 0 Å². The summed E-state index contributed by atoms with van der Waals surface area (Å²) in [4.78, 5) is 24.1. The number of nitrogens with zero attached hydrogens (tertiary/aromatic N) is 1. The molecule has 3 rings (SSSR count). The predicted molar refractivity (Wildman–Crippen MR) is 91.6 cm³/mol. The van der Waals surface area contributed by atoms with Gasteiger partial charge in [0.1, 0.15) is 6.04 Å². The minimum absolute atomic E-state index is 0.346. The smallest absolute Gasteiger partial charge is 0.252 e. The van der Waals surface area contributed by atoms with Crippen LogP contribution >= 0.6 is 0 Å². The van der Waals surface area contributed by atoms with E-state index in [0.717, 1.165) is 5.69 Å². The van der Waals surface area contributed by atoms with Crippen molar-refractivity contribution < 1.29 is 9.59 Å². The molecule has 24 heavy (non-hydrogen) atoms. The van der Waals surface area contributed by atoms with Crippen LogP contribution in [0.3, 0.4) is 0 Å². The van der Waals surface area contributed by atoms with E-state index in [9.17, 15) is 9.59 Å². The molecule has 2 aromatic carbocycles. The largest absolute Gasteiger partial charge is 0.368 e. The summed E-state index contributed by atoms with van der Waals surface area (Å²) in [5.74, 6) is -0.944. The van der Waals surface area contributed by atoms with E-state index in [4.69, 9.17) is 5.73 Å². The number of nitrogens with two attached hydrogens (primary N) is 1. The van der Waals surface area contributed by atoms with E-state index < -0.39 is 11.9 Å². The first-order valence-electron chi connectivity index (χ1n) is 7.54. The highest BCUT2D eigenvalue weighted by atomic mass is 16.2. The van der Waals surface area contributed by atoms with Gasteiger partial charge in [0.05, 0.1) is 0 Å². The van der Waals surface area contributed by atoms with Crippen molar-refractivity contribution in [1.82, 2.24) is 9.88 Å². The molecule has 1 aromatic heterocycles. The quantitative estimate of drug-likeness (QED) is 0.758. The van der Waals surface area contributed by atoms with Crippen LogP contribution in [0.25, 0.3) is 5.69 Å². The van der Waals surface area contributed by atoms with Gasteiger partial charge in [-0.25, -0.2) is 0 Å². The maximum Gasteiger partial charge on any atom is 0.252 e. The van der Waals surface area contributed by atoms with Crippen LogP contribution in [0.15, 0.2) is 79.1 Å². The lowest BCUT2D eigenvalue weighted by Gasteiger charge is -2.16. The first-order valence-corrected chi connectivity index (χ1v) is 7.54. The maximum atomic E-state index is 12.4. The third-order valence-electron chi connectivity index (χ3n) is 3.72. The Morgan fingerprint density at radius 1 is 0.875 bits per heavy atom. The van der Waals surface area contributed by atoms with Crippen LogP contribution in [0.5, 0.6) is 0 Å². The number of nitrogens with one attached hydrogen (secondary N) is 1. The molecule has 0 bridgehead atoms. The zero-order chi connectivity index (χ0) is 16.9. The summed E-state index contributed by atoms with van der Waals surface area (Å²) >= 11 is 0. The lowest BCUT2D eigenvalue weighted by molar-refractivity contribution is -0.120. The van der Waals surface area contributed by atoms with Gasteiger partial charge in [0.2, 0.25) is 5.91 Å². The van der Waals surface area contributed by atoms with E-state index >= 15 is 0 Å². The molecule has 1 atom stereocenters. The summed E-state index contributed by atoms with van der Waals surface area (Å²) in [6, 6.07) is 19.1. The summed E-state index contributed by atoms with van der Waals surface area (Å²) in [6.07, 6.45) is 3.85. The molecular weight excluding hydrogens is 302 g/mol. The first-order chi connectivity index (χ1) is 11.6. The highest BCUT2D eigenvalue weighted by Crippen LogP contribution is 2.14. The zero-order valence-corrected chi connectivity index (χ0v) is 12.9. The maximum absolute atomic E-state index is 12.4. The molecule has 0 aliphatic rings. The lowest BCUT2D eigenvalue weighted by Crippen LogP contribution is -2.37. The van der Waals surface area contributed by atoms with Gasteiger partial charge in [-0.1, -0.05) is 30.3 Å². The molecule has 1 heterocycles. The molecule has 0 fully saturated rings. The second kappa shape index (κ2) is 6.83. The standard InChI is InChI=1S/C19H17N3O2/c20-18(23)17(14-6-2-1-3-7-14)21-19(24)15-8-10-16(11-9-15)22-12-4-5-13-22/h1-13,17H,(H2,20,23)(H,21,24)/t17-/m1/s1. The Bertz CT molecular complexity index is 825. The van der Waals surface area contributed by atoms with E-state index in [0.29, 0.717) is 11.1 Å². The average molecular weight is 319 g/mol. The predicted octanol–water partition coefficient (Wildman–Crippen LogP) is 2.43. The van der Waals surface area contributed by atoms with Gasteiger partial charge in [-0.3, -0.25) is 9.59 Å². The van der Waals surface area contributed by atoms with Crippen molar-refractivity contribution in [3.05, 3.63) is 90.3 Å². The van der Waals surface area contributed by atoms with Crippen molar-refractivity contribution in [2.75, 3.05) is 0 Å². The molecule has 0 spiro atoms. The number of benzene rings is 2. The molecule has 0 radical (unpaired) electrons.